The first-order chi connectivity index (χ1) is 7.34. The quantitative estimate of drug-likeness (QED) is 0.524. The van der Waals surface area contributed by atoms with Gasteiger partial charge < -0.3 is 0 Å². The van der Waals surface area contributed by atoms with Crippen LogP contribution in [0.1, 0.15) is 19.8 Å². The second-order valence-corrected chi connectivity index (χ2v) is 6.67. The van der Waals surface area contributed by atoms with Gasteiger partial charge in [-0.3, -0.25) is 0 Å². The van der Waals surface area contributed by atoms with Crippen molar-refractivity contribution in [3.8, 4) is 0 Å². The molecule has 0 aromatic rings. The van der Waals surface area contributed by atoms with Crippen LogP contribution in [0.15, 0.2) is 23.8 Å². The molecule has 0 N–H and O–H groups in total. The van der Waals surface area contributed by atoms with Crippen LogP contribution in [0.3, 0.4) is 0 Å². The molecule has 0 nitrogen and oxygen atoms in total. The highest BCUT2D eigenvalue weighted by atomic mass is 14.7. The second-order valence-electron chi connectivity index (χ2n) is 6.67. The third kappa shape index (κ3) is 0.645. The molecule has 4 bridgehead atoms. The zero-order valence-corrected chi connectivity index (χ0v) is 9.27. The average molecular weight is 198 g/mol. The maximum atomic E-state index is 2.62. The summed E-state index contributed by atoms with van der Waals surface area (Å²) in [4.78, 5) is 0. The van der Waals surface area contributed by atoms with Crippen LogP contribution in [-0.4, -0.2) is 0 Å². The number of hydrogen-bond acceptors (Lipinski definition) is 0. The molecule has 78 valence electrons. The highest BCUT2D eigenvalue weighted by Crippen LogP contribution is 2.73. The first-order valence-electron chi connectivity index (χ1n) is 6.71. The van der Waals surface area contributed by atoms with E-state index in [0.717, 1.165) is 47.3 Å². The predicted molar refractivity (Wildman–Crippen MR) is 60.1 cm³/mol. The van der Waals surface area contributed by atoms with Crippen LogP contribution in [0, 0.1) is 47.3 Å². The van der Waals surface area contributed by atoms with Crippen molar-refractivity contribution in [2.75, 3.05) is 0 Å². The topological polar surface area (TPSA) is 0 Å². The fourth-order valence-corrected chi connectivity index (χ4v) is 6.20. The molecule has 5 aliphatic carbocycles. The second kappa shape index (κ2) is 2.12. The average Bonchev–Trinajstić information content (AvgIpc) is 2.84. The lowest BCUT2D eigenvalue weighted by Crippen LogP contribution is -2.51. The minimum absolute atomic E-state index is 0.994. The molecule has 0 amide bonds. The number of allylic oxidation sites excluding steroid dienone is 4. The van der Waals surface area contributed by atoms with E-state index >= 15 is 0 Å². The Morgan fingerprint density at radius 2 is 1.53 bits per heavy atom. The first-order valence-corrected chi connectivity index (χ1v) is 6.71. The van der Waals surface area contributed by atoms with E-state index in [9.17, 15) is 0 Å². The molecule has 0 unspecified atom stereocenters. The molecule has 5 aliphatic rings. The maximum Gasteiger partial charge on any atom is -0.0166 e. The summed E-state index contributed by atoms with van der Waals surface area (Å²) < 4.78 is 0. The van der Waals surface area contributed by atoms with Crippen molar-refractivity contribution in [3.63, 3.8) is 0 Å². The molecule has 0 aliphatic heterocycles. The highest BCUT2D eigenvalue weighted by Gasteiger charge is 2.68. The summed E-state index contributed by atoms with van der Waals surface area (Å²) in [5.74, 6) is 8.45. The van der Waals surface area contributed by atoms with E-state index in [1.54, 1.807) is 5.57 Å². The Hall–Kier alpha value is -0.520. The highest BCUT2D eigenvalue weighted by molar-refractivity contribution is 5.32. The van der Waals surface area contributed by atoms with Crippen molar-refractivity contribution >= 4 is 0 Å². The normalized spacial score (nSPS) is 66.6. The monoisotopic (exact) mass is 198 g/mol. The van der Waals surface area contributed by atoms with Gasteiger partial charge >= 0.3 is 0 Å². The molecular formula is C15H18. The molecule has 0 heteroatoms. The summed E-state index contributed by atoms with van der Waals surface area (Å²) in [5, 5.41) is 0. The van der Waals surface area contributed by atoms with Crippen LogP contribution >= 0.6 is 0 Å². The summed E-state index contributed by atoms with van der Waals surface area (Å²) >= 11 is 0. The molecule has 0 aromatic carbocycles. The van der Waals surface area contributed by atoms with Gasteiger partial charge in [0.2, 0.25) is 0 Å². The fourth-order valence-electron chi connectivity index (χ4n) is 6.20. The van der Waals surface area contributed by atoms with Gasteiger partial charge in [-0.05, 0) is 67.1 Å². The van der Waals surface area contributed by atoms with Crippen LogP contribution in [0.5, 0.6) is 0 Å². The van der Waals surface area contributed by atoms with E-state index in [2.05, 4.69) is 25.2 Å². The van der Waals surface area contributed by atoms with Gasteiger partial charge in [0.05, 0.1) is 0 Å². The molecule has 5 rings (SSSR count). The van der Waals surface area contributed by atoms with Crippen molar-refractivity contribution in [1.82, 2.24) is 0 Å². The smallest absolute Gasteiger partial charge is 0.0166 e. The van der Waals surface area contributed by atoms with E-state index in [1.807, 2.05) is 0 Å². The Bertz CT molecular complexity index is 402. The molecule has 0 spiro atoms. The van der Waals surface area contributed by atoms with Gasteiger partial charge in [-0.25, -0.2) is 0 Å². The first kappa shape index (κ1) is 7.70. The van der Waals surface area contributed by atoms with Crippen molar-refractivity contribution in [1.29, 1.82) is 0 Å². The van der Waals surface area contributed by atoms with E-state index in [-0.39, 0.29) is 0 Å². The van der Waals surface area contributed by atoms with Crippen LogP contribution < -0.4 is 0 Å². The van der Waals surface area contributed by atoms with Crippen molar-refractivity contribution in [3.05, 3.63) is 23.8 Å². The van der Waals surface area contributed by atoms with Crippen LogP contribution in [0.2, 0.25) is 0 Å². The van der Waals surface area contributed by atoms with E-state index < -0.39 is 0 Å². The largest absolute Gasteiger partial charge is 0.0848 e. The van der Waals surface area contributed by atoms with E-state index in [0.29, 0.717) is 0 Å². The van der Waals surface area contributed by atoms with Crippen molar-refractivity contribution in [2.24, 2.45) is 47.3 Å². The summed E-state index contributed by atoms with van der Waals surface area (Å²) in [7, 11) is 0. The van der Waals surface area contributed by atoms with Gasteiger partial charge in [0.1, 0.15) is 0 Å². The summed E-state index contributed by atoms with van der Waals surface area (Å²) in [5.41, 5.74) is 1.74. The lowest BCUT2D eigenvalue weighted by molar-refractivity contribution is -0.0397. The van der Waals surface area contributed by atoms with Gasteiger partial charge in [-0.15, -0.1) is 0 Å². The lowest BCUT2D eigenvalue weighted by Gasteiger charge is -2.55. The van der Waals surface area contributed by atoms with Crippen LogP contribution in [0.25, 0.3) is 0 Å². The summed E-state index contributed by atoms with van der Waals surface area (Å²) in [6.45, 7) is 2.39. The van der Waals surface area contributed by atoms with E-state index in [1.165, 1.54) is 12.8 Å². The van der Waals surface area contributed by atoms with Crippen molar-refractivity contribution in [2.45, 2.75) is 19.8 Å². The zero-order valence-electron chi connectivity index (χ0n) is 9.27. The Balaban J connectivity index is 1.62. The maximum absolute atomic E-state index is 2.62. The van der Waals surface area contributed by atoms with E-state index in [4.69, 9.17) is 0 Å². The Labute approximate surface area is 91.4 Å². The predicted octanol–water partition coefficient (Wildman–Crippen LogP) is 3.27. The molecule has 0 saturated heterocycles. The Kier molecular flexibility index (Phi) is 1.09. The third-order valence-electron chi connectivity index (χ3n) is 6.46. The number of hydrogen-bond donors (Lipinski definition) is 0. The molecule has 0 heterocycles. The Morgan fingerprint density at radius 1 is 0.867 bits per heavy atom. The number of fused-ring (bicyclic) bond motifs is 12. The zero-order chi connectivity index (χ0) is 9.73. The molecule has 3 fully saturated rings. The summed E-state index contributed by atoms with van der Waals surface area (Å²) in [6, 6.07) is 0. The van der Waals surface area contributed by atoms with Crippen LogP contribution in [-0.2, 0) is 0 Å². The molecule has 15 heavy (non-hydrogen) atoms. The SMILES string of the molecule is CC1=C[C@H]2C[C@@H]1[C@@H]1[C@@H]3[C@H]([C@@H]12)[C@H]1C=C[C@@H]3C1. The molecule has 0 aromatic heterocycles. The minimum atomic E-state index is 0.994. The molecule has 0 radical (unpaired) electrons. The summed E-state index contributed by atoms with van der Waals surface area (Å²) in [6.07, 6.45) is 10.8. The van der Waals surface area contributed by atoms with Gasteiger partial charge in [-0.1, -0.05) is 23.8 Å². The van der Waals surface area contributed by atoms with Gasteiger partial charge in [0, 0.05) is 0 Å². The van der Waals surface area contributed by atoms with Crippen molar-refractivity contribution < 1.29 is 0 Å². The minimum Gasteiger partial charge on any atom is -0.0848 e. The molecule has 8 atom stereocenters. The molecule has 3 saturated carbocycles. The standard InChI is InChI=1S/C15H18/c1-7-4-10-6-11(7)15-13-9-3-2-8(5-9)12(13)14(10)15/h2-4,8-15H,5-6H2,1H3/t8-,9+,10-,11-,12+,13-,14-,15+/m0/s1. The lowest BCUT2D eigenvalue weighted by atomic mass is 9.49. The van der Waals surface area contributed by atoms with Gasteiger partial charge in [-0.2, -0.15) is 0 Å². The van der Waals surface area contributed by atoms with Gasteiger partial charge in [0.15, 0.2) is 0 Å². The molecular weight excluding hydrogens is 180 g/mol. The van der Waals surface area contributed by atoms with Crippen LogP contribution in [0.4, 0.5) is 0 Å². The third-order valence-corrected chi connectivity index (χ3v) is 6.46. The van der Waals surface area contributed by atoms with Gasteiger partial charge in [0.25, 0.3) is 0 Å². The number of rotatable bonds is 0. The Morgan fingerprint density at radius 3 is 2.33 bits per heavy atom. The fraction of sp³-hybridized carbons (Fsp3) is 0.733.